The van der Waals surface area contributed by atoms with E-state index in [2.05, 4.69) is 16.0 Å². The third-order valence-corrected chi connectivity index (χ3v) is 8.01. The zero-order valence-electron chi connectivity index (χ0n) is 33.7. The first-order valence-corrected chi connectivity index (χ1v) is 18.8. The van der Waals surface area contributed by atoms with Crippen molar-refractivity contribution in [2.24, 2.45) is 0 Å². The molecule has 2 rings (SSSR count). The molecule has 0 spiro atoms. The van der Waals surface area contributed by atoms with Crippen LogP contribution in [0.2, 0.25) is 0 Å². The van der Waals surface area contributed by atoms with Crippen LogP contribution in [0.3, 0.4) is 0 Å². The second-order valence-electron chi connectivity index (χ2n) is 15.3. The first-order valence-electron chi connectivity index (χ1n) is 18.8. The molecule has 0 heterocycles. The molecule has 13 nitrogen and oxygen atoms in total. The average Bonchev–Trinajstić information content (AvgIpc) is 3.08. The Kier molecular flexibility index (Phi) is 18.8. The molecule has 0 saturated carbocycles. The Morgan fingerprint density at radius 1 is 0.796 bits per heavy atom. The third-order valence-electron chi connectivity index (χ3n) is 8.01. The van der Waals surface area contributed by atoms with Crippen molar-refractivity contribution >= 4 is 30.0 Å². The quantitative estimate of drug-likeness (QED) is 0.0792. The second-order valence-corrected chi connectivity index (χ2v) is 15.3. The molecule has 0 radical (unpaired) electrons. The molecule has 54 heavy (non-hydrogen) atoms. The largest absolute Gasteiger partial charge is 0.492 e. The van der Waals surface area contributed by atoms with Crippen molar-refractivity contribution < 1.29 is 42.9 Å². The number of carbonyl (C=O) groups is 5. The predicted octanol–water partition coefficient (Wildman–Crippen LogP) is 6.38. The number of esters is 1. The predicted molar refractivity (Wildman–Crippen MR) is 207 cm³/mol. The van der Waals surface area contributed by atoms with E-state index in [1.54, 1.807) is 48.6 Å². The van der Waals surface area contributed by atoms with E-state index in [0.717, 1.165) is 23.1 Å². The molecule has 0 aliphatic heterocycles. The molecule has 0 aromatic heterocycles. The smallest absolute Gasteiger partial charge is 0.410 e. The highest BCUT2D eigenvalue weighted by Gasteiger charge is 2.28. The molecular weight excluding hydrogens is 692 g/mol. The van der Waals surface area contributed by atoms with Gasteiger partial charge in [0.2, 0.25) is 11.8 Å². The SMILES string of the molecule is CCCCOC(=O)N[C@@H](CCCC(=O)OC(C)(C)C)C(=O)N[C@@H](CCc1ccccc1)C(=O)NCc1cc(OCCN(C)C(=O)OC(C)(C)C)ccc1C. The van der Waals surface area contributed by atoms with Crippen LogP contribution < -0.4 is 20.7 Å². The van der Waals surface area contributed by atoms with E-state index in [0.29, 0.717) is 31.6 Å². The standard InChI is InChI=1S/C41H62N4O9/c1-10-11-25-52-38(49)44-33(18-15-19-35(46)53-40(3,4)5)37(48)43-34(23-21-30-16-13-12-14-17-30)36(47)42-28-31-27-32(22-20-29(31)2)51-26-24-45(9)39(50)54-41(6,7)8/h12-14,16-17,20,22,27,33-34H,10-11,15,18-19,21,23-26,28H2,1-9H3,(H,42,47)(H,43,48)(H,44,49)/t33-,34-/m0/s1. The molecule has 4 amide bonds. The summed E-state index contributed by atoms with van der Waals surface area (Å²) in [5.41, 5.74) is 1.48. The zero-order valence-corrected chi connectivity index (χ0v) is 33.7. The molecule has 13 heteroatoms. The number of hydrogen-bond acceptors (Lipinski definition) is 9. The van der Waals surface area contributed by atoms with Gasteiger partial charge >= 0.3 is 18.2 Å². The lowest BCUT2D eigenvalue weighted by Crippen LogP contribution is -2.54. The summed E-state index contributed by atoms with van der Waals surface area (Å²) >= 11 is 0. The molecule has 0 bridgehead atoms. The van der Waals surface area contributed by atoms with Gasteiger partial charge in [0.15, 0.2) is 0 Å². The van der Waals surface area contributed by atoms with Crippen LogP contribution >= 0.6 is 0 Å². The van der Waals surface area contributed by atoms with Crippen molar-refractivity contribution in [3.8, 4) is 5.75 Å². The van der Waals surface area contributed by atoms with Gasteiger partial charge in [0.05, 0.1) is 13.2 Å². The van der Waals surface area contributed by atoms with Crippen LogP contribution in [0.4, 0.5) is 9.59 Å². The number of hydrogen-bond donors (Lipinski definition) is 3. The number of ether oxygens (including phenoxy) is 4. The monoisotopic (exact) mass is 754 g/mol. The van der Waals surface area contributed by atoms with Gasteiger partial charge in [0.25, 0.3) is 0 Å². The van der Waals surface area contributed by atoms with Crippen LogP contribution in [0.25, 0.3) is 0 Å². The summed E-state index contributed by atoms with van der Waals surface area (Å²) in [5, 5.41) is 8.44. The second kappa shape index (κ2) is 22.4. The minimum absolute atomic E-state index is 0.0497. The van der Waals surface area contributed by atoms with Crippen LogP contribution in [-0.2, 0) is 41.6 Å². The Balaban J connectivity index is 2.15. The Morgan fingerprint density at radius 3 is 2.11 bits per heavy atom. The summed E-state index contributed by atoms with van der Waals surface area (Å²) in [6.07, 6.45) is 1.55. The van der Waals surface area contributed by atoms with E-state index in [4.69, 9.17) is 18.9 Å². The maximum Gasteiger partial charge on any atom is 0.410 e. The molecule has 2 atom stereocenters. The van der Waals surface area contributed by atoms with Crippen molar-refractivity contribution in [3.63, 3.8) is 0 Å². The van der Waals surface area contributed by atoms with E-state index in [1.165, 1.54) is 4.90 Å². The lowest BCUT2D eigenvalue weighted by Gasteiger charge is -2.24. The first kappa shape index (κ1) is 45.3. The maximum absolute atomic E-state index is 13.8. The van der Waals surface area contributed by atoms with Gasteiger partial charge in [-0.25, -0.2) is 9.59 Å². The van der Waals surface area contributed by atoms with Crippen molar-refractivity contribution in [2.45, 2.75) is 130 Å². The number of likely N-dealkylation sites (N-methyl/N-ethyl adjacent to an activating group) is 1. The number of aryl methyl sites for hydroxylation is 2. The van der Waals surface area contributed by atoms with Gasteiger partial charge in [0, 0.05) is 20.0 Å². The lowest BCUT2D eigenvalue weighted by molar-refractivity contribution is -0.155. The fourth-order valence-corrected chi connectivity index (χ4v) is 5.07. The summed E-state index contributed by atoms with van der Waals surface area (Å²) in [6.45, 7) is 15.5. The number of alkyl carbamates (subject to hydrolysis) is 1. The molecule has 0 saturated heterocycles. The number of nitrogens with zero attached hydrogens (tertiary/aromatic N) is 1. The maximum atomic E-state index is 13.8. The van der Waals surface area contributed by atoms with Crippen LogP contribution in [0.1, 0.15) is 104 Å². The van der Waals surface area contributed by atoms with Crippen molar-refractivity contribution in [1.82, 2.24) is 20.9 Å². The van der Waals surface area contributed by atoms with E-state index >= 15 is 0 Å². The van der Waals surface area contributed by atoms with Crippen molar-refractivity contribution in [3.05, 3.63) is 65.2 Å². The summed E-state index contributed by atoms with van der Waals surface area (Å²) in [4.78, 5) is 66.2. The Hall–Kier alpha value is -4.81. The number of nitrogens with one attached hydrogen (secondary N) is 3. The summed E-state index contributed by atoms with van der Waals surface area (Å²) in [5.74, 6) is -0.808. The molecular formula is C41H62N4O9. The van der Waals surface area contributed by atoms with Crippen LogP contribution in [-0.4, -0.2) is 85.0 Å². The molecule has 2 aromatic carbocycles. The Labute approximate surface area is 321 Å². The molecule has 0 aliphatic carbocycles. The highest BCUT2D eigenvalue weighted by atomic mass is 16.6. The van der Waals surface area contributed by atoms with Gasteiger partial charge in [-0.2, -0.15) is 0 Å². The van der Waals surface area contributed by atoms with Gasteiger partial charge in [-0.05, 0) is 109 Å². The van der Waals surface area contributed by atoms with E-state index < -0.39 is 53.3 Å². The van der Waals surface area contributed by atoms with Gasteiger partial charge < -0.3 is 39.8 Å². The van der Waals surface area contributed by atoms with Crippen molar-refractivity contribution in [1.29, 1.82) is 0 Å². The molecule has 3 N–H and O–H groups in total. The normalized spacial score (nSPS) is 12.5. The third kappa shape index (κ3) is 18.8. The fourth-order valence-electron chi connectivity index (χ4n) is 5.07. The minimum Gasteiger partial charge on any atom is -0.492 e. The zero-order chi connectivity index (χ0) is 40.3. The van der Waals surface area contributed by atoms with Gasteiger partial charge in [-0.3, -0.25) is 14.4 Å². The number of unbranched alkanes of at least 4 members (excludes halogenated alkanes) is 1. The molecule has 300 valence electrons. The lowest BCUT2D eigenvalue weighted by atomic mass is 10.0. The first-order chi connectivity index (χ1) is 25.4. The number of rotatable bonds is 20. The summed E-state index contributed by atoms with van der Waals surface area (Å²) < 4.78 is 22.0. The van der Waals surface area contributed by atoms with Gasteiger partial charge in [-0.1, -0.05) is 49.7 Å². The highest BCUT2D eigenvalue weighted by molar-refractivity contribution is 5.91. The number of amides is 4. The van der Waals surface area contributed by atoms with Gasteiger partial charge in [0.1, 0.15) is 35.6 Å². The van der Waals surface area contributed by atoms with E-state index in [9.17, 15) is 24.0 Å². The Bertz CT molecular complexity index is 1500. The topological polar surface area (TPSA) is 162 Å². The highest BCUT2D eigenvalue weighted by Crippen LogP contribution is 2.18. The molecule has 0 aliphatic rings. The molecule has 0 unspecified atom stereocenters. The van der Waals surface area contributed by atoms with Crippen LogP contribution in [0, 0.1) is 6.92 Å². The summed E-state index contributed by atoms with van der Waals surface area (Å²) in [7, 11) is 1.64. The molecule has 0 fully saturated rings. The Morgan fingerprint density at radius 2 is 1.46 bits per heavy atom. The van der Waals surface area contributed by atoms with E-state index in [1.807, 2.05) is 62.4 Å². The van der Waals surface area contributed by atoms with Crippen molar-refractivity contribution in [2.75, 3.05) is 26.8 Å². The minimum atomic E-state index is -1.06. The van der Waals surface area contributed by atoms with Crippen LogP contribution in [0.5, 0.6) is 5.75 Å². The average molecular weight is 755 g/mol. The van der Waals surface area contributed by atoms with Gasteiger partial charge in [-0.15, -0.1) is 0 Å². The number of carbonyl (C=O) groups excluding carboxylic acids is 5. The van der Waals surface area contributed by atoms with Crippen LogP contribution in [0.15, 0.2) is 48.5 Å². The van der Waals surface area contributed by atoms with E-state index in [-0.39, 0.29) is 39.0 Å². The molecule has 2 aromatic rings. The fraction of sp³-hybridized carbons (Fsp3) is 0.585. The summed E-state index contributed by atoms with van der Waals surface area (Å²) in [6, 6.07) is 13.2. The number of benzene rings is 2.